The van der Waals surface area contributed by atoms with Gasteiger partial charge in [-0.3, -0.25) is 26.2 Å². The van der Waals surface area contributed by atoms with Crippen LogP contribution in [0.5, 0.6) is 46.0 Å². The van der Waals surface area contributed by atoms with Crippen LogP contribution in [0.2, 0.25) is 19.6 Å². The van der Waals surface area contributed by atoms with E-state index in [2.05, 4.69) is 42.0 Å². The van der Waals surface area contributed by atoms with Gasteiger partial charge in [0, 0.05) is 78.2 Å². The van der Waals surface area contributed by atoms with Crippen LogP contribution in [0.15, 0.2) is 77.5 Å². The van der Waals surface area contributed by atoms with Crippen molar-refractivity contribution < 1.29 is 113 Å². The molecule has 1 unspecified atom stereocenters. The number of nitrogens with two attached hydrogens (primary N) is 4. The minimum absolute atomic E-state index is 0. The van der Waals surface area contributed by atoms with E-state index in [-0.39, 0.29) is 30.4 Å². The summed E-state index contributed by atoms with van der Waals surface area (Å²) in [6.45, 7) is 22.0. The maximum Gasteiger partial charge on any atom is 1.00 e. The summed E-state index contributed by atoms with van der Waals surface area (Å²) in [5.41, 5.74) is 23.8. The van der Waals surface area contributed by atoms with Gasteiger partial charge in [0.25, 0.3) is 0 Å². The van der Waals surface area contributed by atoms with Crippen molar-refractivity contribution in [2.24, 2.45) is 27.6 Å². The number of aldehydes is 1. The van der Waals surface area contributed by atoms with Crippen molar-refractivity contribution in [2.45, 2.75) is 73.3 Å². The van der Waals surface area contributed by atoms with Gasteiger partial charge in [-0.2, -0.15) is 0 Å². The van der Waals surface area contributed by atoms with E-state index in [1.165, 1.54) is 26.6 Å². The second kappa shape index (κ2) is 55.5. The number of ether oxygens (including phenoxy) is 9. The summed E-state index contributed by atoms with van der Waals surface area (Å²) in [7, 11) is -7.56. The summed E-state index contributed by atoms with van der Waals surface area (Å²) in [6, 6.07) is 20.2. The summed E-state index contributed by atoms with van der Waals surface area (Å²) in [4.78, 5) is 10.5. The Bertz CT molecular complexity index is 2850. The first-order chi connectivity index (χ1) is 41.2. The van der Waals surface area contributed by atoms with Crippen LogP contribution in [0.25, 0.3) is 0 Å². The molecule has 516 valence electrons. The molecule has 4 rings (SSSR count). The third-order valence-corrected chi connectivity index (χ3v) is 11.7. The zero-order valence-electron chi connectivity index (χ0n) is 56.6. The number of methoxy groups -OCH3 is 4. The maximum atomic E-state index is 11.2. The Morgan fingerprint density at radius 3 is 0.956 bits per heavy atom. The minimum atomic E-state index is -3.67. The molecule has 8 N–H and O–H groups in total. The van der Waals surface area contributed by atoms with Crippen LogP contribution in [0, 0.1) is 6.26 Å². The summed E-state index contributed by atoms with van der Waals surface area (Å²) in [6.07, 6.45) is 11.1. The Kier molecular flexibility index (Phi) is 60.7. The number of carbonyl (C=O) groups is 1. The molecule has 0 saturated heterocycles. The second-order valence-corrected chi connectivity index (χ2v) is 31.5. The Hall–Kier alpha value is -5.11. The summed E-state index contributed by atoms with van der Waals surface area (Å²) in [5, 5.41) is 0. The summed E-state index contributed by atoms with van der Waals surface area (Å²) < 4.78 is 164. The number of carbonyl (C=O) groups excluding carboxylic acids is 1. The van der Waals surface area contributed by atoms with Gasteiger partial charge < -0.3 is 70.2 Å². The van der Waals surface area contributed by atoms with Crippen molar-refractivity contribution in [3.05, 3.63) is 101 Å². The summed E-state index contributed by atoms with van der Waals surface area (Å²) in [5.74, 6) is 4.95. The standard InChI is InChI=1S/C13H21NO2Si.2C12H19NO4S.C10H12O3.C4H10O.C2H6O2S.C2H5O2S.2CH5N.BF3.Li/c1-6-16-13-9-11(7-8-12(13)15-2)10-14-17(3,4)5;2*1-4-17-12-7-9(5-6-11(12)16-2)10(13)8-18(3,14)15;1-3-13-10-6-8(7-11)4-5-9(10)12-2;1-3-5-4-2;2*1-5(2,3)4;2*1-2;2-1(3)4;/h7-10H,6H2,1-5H3;2*5-7,10H,4,8,13H2,1-3H3;4-7H,3H2,1-2H3;3-4H2,1-2H3;1-2H3;1H2,2H3;2*2H2,1H3;;/q;;;;;;-1;;;;+1/t;10-;;;;;;;;;/m.1........./s1. The van der Waals surface area contributed by atoms with Gasteiger partial charge in [0.15, 0.2) is 54.2 Å². The third-order valence-electron chi connectivity index (χ3n) is 8.92. The molecular formula is C57H102BF3LiN5O18S4Si. The van der Waals surface area contributed by atoms with E-state index in [0.717, 1.165) is 55.3 Å². The monoisotopic (exact) mass is 1380 g/mol. The molecule has 2 atom stereocenters. The van der Waals surface area contributed by atoms with Gasteiger partial charge >= 0.3 is 26.4 Å². The van der Waals surface area contributed by atoms with Crippen molar-refractivity contribution >= 4 is 67.6 Å². The van der Waals surface area contributed by atoms with E-state index in [1.807, 2.05) is 66.0 Å². The molecule has 33 heteroatoms. The van der Waals surface area contributed by atoms with Crippen molar-refractivity contribution in [1.29, 1.82) is 0 Å². The van der Waals surface area contributed by atoms with Gasteiger partial charge in [-0.15, -0.1) is 0 Å². The van der Waals surface area contributed by atoms with Crippen molar-refractivity contribution in [2.75, 3.05) is 125 Å². The predicted octanol–water partition coefficient (Wildman–Crippen LogP) is 5.09. The van der Waals surface area contributed by atoms with Crippen molar-refractivity contribution in [1.82, 2.24) is 0 Å². The van der Waals surface area contributed by atoms with Gasteiger partial charge in [0.1, 0.15) is 35.8 Å². The number of benzene rings is 4. The molecule has 23 nitrogen and oxygen atoms in total. The first kappa shape index (κ1) is 98.5. The summed E-state index contributed by atoms with van der Waals surface area (Å²) >= 11 is 0. The molecule has 0 radical (unpaired) electrons. The third kappa shape index (κ3) is 61.7. The molecule has 0 fully saturated rings. The molecular weight excluding hydrogens is 1270 g/mol. The molecule has 0 heterocycles. The van der Waals surface area contributed by atoms with Gasteiger partial charge in [0.05, 0.1) is 66.4 Å². The SMILES string of the molecule is CCOCC.CCOc1cc(C(N)CS(C)(=O)=O)ccc1OC.CCOc1cc(C=N[Si](C)(C)C)ccc1OC.CCOc1cc(C=O)ccc1OC.CCOc1cc([C@H](N)CS(C)(=O)=O)ccc1OC.CN.CN.CS(C)(=O)=O.FB(F)F.[CH2-]S(C)(=O)=O.[Li+]. The number of halogens is 3. The van der Waals surface area contributed by atoms with Crippen LogP contribution in [0.3, 0.4) is 0 Å². The quantitative estimate of drug-likeness (QED) is 0.0325. The molecule has 0 aliphatic carbocycles. The van der Waals surface area contributed by atoms with Gasteiger partial charge in [-0.1, -0.05) is 12.1 Å². The number of sulfone groups is 4. The zero-order valence-corrected chi connectivity index (χ0v) is 60.8. The fraction of sp³-hybridized carbons (Fsp3) is 0.526. The van der Waals surface area contributed by atoms with Crippen LogP contribution in [0.4, 0.5) is 12.9 Å². The van der Waals surface area contributed by atoms with Gasteiger partial charge in [-0.05, 0) is 153 Å². The topological polar surface area (TPSA) is 353 Å². The minimum Gasteiger partial charge on any atom is -0.493 e. The fourth-order valence-electron chi connectivity index (χ4n) is 5.78. The molecule has 90 heavy (non-hydrogen) atoms. The van der Waals surface area contributed by atoms with E-state index in [9.17, 15) is 51.4 Å². The number of hydrogen-bond donors (Lipinski definition) is 4. The molecule has 0 amide bonds. The Balaban J connectivity index is -0.000000183. The van der Waals surface area contributed by atoms with E-state index >= 15 is 0 Å². The second-order valence-electron chi connectivity index (χ2n) is 18.4. The van der Waals surface area contributed by atoms with Gasteiger partial charge in [0.2, 0.25) is 0 Å². The molecule has 0 bridgehead atoms. The average Bonchev–Trinajstić information content (AvgIpc) is 2.50. The fourth-order valence-corrected chi connectivity index (χ4v) is 8.00. The number of nitrogens with zero attached hydrogens (tertiary/aromatic N) is 1. The normalized spacial score (nSPS) is 11.0. The van der Waals surface area contributed by atoms with Crippen LogP contribution >= 0.6 is 0 Å². The van der Waals surface area contributed by atoms with E-state index in [1.54, 1.807) is 83.0 Å². The van der Waals surface area contributed by atoms with Crippen molar-refractivity contribution in [3.63, 3.8) is 0 Å². The largest absolute Gasteiger partial charge is 1.00 e. The van der Waals surface area contributed by atoms with Crippen LogP contribution < -0.4 is 79.7 Å². The Morgan fingerprint density at radius 1 is 0.500 bits per heavy atom. The molecule has 0 aromatic heterocycles. The van der Waals surface area contributed by atoms with Crippen LogP contribution in [0.1, 0.15) is 80.7 Å². The average molecular weight is 1380 g/mol. The molecule has 0 aliphatic heterocycles. The molecule has 0 spiro atoms. The van der Waals surface area contributed by atoms with Gasteiger partial charge in [-0.25, -0.2) is 31.5 Å². The van der Waals surface area contributed by atoms with E-state index < -0.39 is 67.2 Å². The van der Waals surface area contributed by atoms with E-state index in [4.69, 9.17) is 54.1 Å². The predicted molar refractivity (Wildman–Crippen MR) is 359 cm³/mol. The van der Waals surface area contributed by atoms with Crippen LogP contribution in [-0.4, -0.2) is 187 Å². The number of hydrogen-bond acceptors (Lipinski definition) is 23. The maximum absolute atomic E-state index is 11.2. The Labute approximate surface area is 550 Å². The Morgan fingerprint density at radius 2 is 0.744 bits per heavy atom. The molecule has 4 aromatic carbocycles. The molecule has 0 saturated carbocycles. The van der Waals surface area contributed by atoms with Crippen molar-refractivity contribution in [3.8, 4) is 46.0 Å². The van der Waals surface area contributed by atoms with E-state index in [0.29, 0.717) is 77.6 Å². The van der Waals surface area contributed by atoms with Crippen LogP contribution in [-0.2, 0) is 44.1 Å². The number of rotatable bonds is 23. The first-order valence-corrected chi connectivity index (χ1v) is 39.0. The molecule has 0 aliphatic rings. The molecule has 4 aromatic rings. The zero-order chi connectivity index (χ0) is 70.8. The smallest absolute Gasteiger partial charge is 0.493 e. The first-order valence-electron chi connectivity index (χ1n) is 27.1.